The Labute approximate surface area is 124 Å². The highest BCUT2D eigenvalue weighted by atomic mass is 79.9. The lowest BCUT2D eigenvalue weighted by atomic mass is 10.1. The fourth-order valence-corrected chi connectivity index (χ4v) is 2.11. The number of carbonyl (C=O) groups excluding carboxylic acids is 1. The minimum atomic E-state index is -3.44. The lowest BCUT2D eigenvalue weighted by Gasteiger charge is -2.29. The predicted octanol–water partition coefficient (Wildman–Crippen LogP) is 1.45. The molecule has 1 aliphatic heterocycles. The van der Waals surface area contributed by atoms with Crippen molar-refractivity contribution >= 4 is 27.5 Å². The summed E-state index contributed by atoms with van der Waals surface area (Å²) in [6.45, 7) is -0.527. The fourth-order valence-electron chi connectivity index (χ4n) is 1.78. The number of amides is 1. The zero-order chi connectivity index (χ0) is 15.8. The topological polar surface area (TPSA) is 70.7 Å². The molecule has 0 aliphatic carbocycles. The standard InChI is InChI=1S/C10H9BrF4N4O2/c11-5-2-16-18(3-5)4-7(20)19-10(21,9(14)15)1-6(17-19)8(12)13/h2-3,8-9,21H,1,4H2. The molecule has 1 aromatic rings. The lowest BCUT2D eigenvalue weighted by molar-refractivity contribution is -0.192. The van der Waals surface area contributed by atoms with Gasteiger partial charge in [0.05, 0.1) is 10.7 Å². The Morgan fingerprint density at radius 3 is 2.62 bits per heavy atom. The SMILES string of the molecule is O=C(Cn1cc(Br)cn1)N1N=C(C(F)F)CC1(O)C(F)F. The lowest BCUT2D eigenvalue weighted by Crippen LogP contribution is -2.52. The van der Waals surface area contributed by atoms with E-state index < -0.39 is 43.2 Å². The summed E-state index contributed by atoms with van der Waals surface area (Å²) in [4.78, 5) is 11.9. The van der Waals surface area contributed by atoms with Crippen molar-refractivity contribution in [1.82, 2.24) is 14.8 Å². The molecule has 1 N–H and O–H groups in total. The van der Waals surface area contributed by atoms with Crippen LogP contribution in [-0.4, -0.2) is 50.1 Å². The van der Waals surface area contributed by atoms with Crippen molar-refractivity contribution in [3.8, 4) is 0 Å². The molecule has 1 aliphatic rings. The minimum absolute atomic E-state index is 0.00868. The van der Waals surface area contributed by atoms with Crippen molar-refractivity contribution in [2.24, 2.45) is 5.10 Å². The smallest absolute Gasteiger partial charge is 0.287 e. The number of hydrogen-bond donors (Lipinski definition) is 1. The number of rotatable bonds is 4. The maximum atomic E-state index is 12.9. The molecule has 0 bridgehead atoms. The van der Waals surface area contributed by atoms with Crippen LogP contribution in [0.25, 0.3) is 0 Å². The minimum Gasteiger partial charge on any atom is -0.364 e. The molecule has 0 saturated carbocycles. The zero-order valence-electron chi connectivity index (χ0n) is 10.3. The van der Waals surface area contributed by atoms with Crippen LogP contribution in [0.15, 0.2) is 22.0 Å². The van der Waals surface area contributed by atoms with Gasteiger partial charge in [-0.15, -0.1) is 0 Å². The Kier molecular flexibility index (Phi) is 4.33. The Balaban J connectivity index is 2.23. The van der Waals surface area contributed by atoms with Gasteiger partial charge >= 0.3 is 0 Å². The maximum Gasteiger partial charge on any atom is 0.287 e. The molecule has 2 rings (SSSR count). The van der Waals surface area contributed by atoms with E-state index in [0.29, 0.717) is 4.47 Å². The van der Waals surface area contributed by atoms with Crippen LogP contribution in [0, 0.1) is 0 Å². The van der Waals surface area contributed by atoms with E-state index in [-0.39, 0.29) is 5.01 Å². The molecular formula is C10H9BrF4N4O2. The third-order valence-electron chi connectivity index (χ3n) is 2.77. The van der Waals surface area contributed by atoms with Gasteiger partial charge in [0, 0.05) is 12.6 Å². The first-order chi connectivity index (χ1) is 9.74. The van der Waals surface area contributed by atoms with Gasteiger partial charge in [0.15, 0.2) is 0 Å². The summed E-state index contributed by atoms with van der Waals surface area (Å²) in [6, 6.07) is 0. The first kappa shape index (κ1) is 15.9. The molecule has 1 amide bonds. The molecule has 1 atom stereocenters. The summed E-state index contributed by atoms with van der Waals surface area (Å²) in [6.07, 6.45) is -4.94. The number of hydrogen-bond acceptors (Lipinski definition) is 4. The van der Waals surface area contributed by atoms with E-state index in [1.54, 1.807) is 0 Å². The molecule has 0 fully saturated rings. The largest absolute Gasteiger partial charge is 0.364 e. The van der Waals surface area contributed by atoms with Crippen LogP contribution in [0.4, 0.5) is 17.6 Å². The summed E-state index contributed by atoms with van der Waals surface area (Å²) in [5.41, 5.74) is -4.03. The third kappa shape index (κ3) is 3.07. The van der Waals surface area contributed by atoms with Gasteiger partial charge in [0.1, 0.15) is 12.3 Å². The van der Waals surface area contributed by atoms with Gasteiger partial charge in [-0.25, -0.2) is 17.6 Å². The van der Waals surface area contributed by atoms with Crippen LogP contribution in [0.3, 0.4) is 0 Å². The quantitative estimate of drug-likeness (QED) is 0.813. The number of aromatic nitrogens is 2. The van der Waals surface area contributed by atoms with Crippen LogP contribution in [-0.2, 0) is 11.3 Å². The molecule has 0 spiro atoms. The summed E-state index contributed by atoms with van der Waals surface area (Å²) in [7, 11) is 0. The fraction of sp³-hybridized carbons (Fsp3) is 0.500. The first-order valence-electron chi connectivity index (χ1n) is 5.61. The van der Waals surface area contributed by atoms with Gasteiger partial charge in [-0.05, 0) is 15.9 Å². The van der Waals surface area contributed by atoms with Gasteiger partial charge in [0.2, 0.25) is 5.72 Å². The van der Waals surface area contributed by atoms with E-state index >= 15 is 0 Å². The highest BCUT2D eigenvalue weighted by Crippen LogP contribution is 2.33. The maximum absolute atomic E-state index is 12.9. The average Bonchev–Trinajstić information content (AvgIpc) is 2.94. The van der Waals surface area contributed by atoms with E-state index in [0.717, 1.165) is 4.68 Å². The number of hydrazone groups is 1. The molecule has 11 heteroatoms. The predicted molar refractivity (Wildman–Crippen MR) is 65.8 cm³/mol. The van der Waals surface area contributed by atoms with Gasteiger partial charge in [-0.3, -0.25) is 9.48 Å². The molecule has 2 heterocycles. The van der Waals surface area contributed by atoms with Crippen molar-refractivity contribution in [3.05, 3.63) is 16.9 Å². The van der Waals surface area contributed by atoms with Crippen molar-refractivity contribution in [1.29, 1.82) is 0 Å². The molecular weight excluding hydrogens is 364 g/mol. The van der Waals surface area contributed by atoms with Gasteiger partial charge < -0.3 is 5.11 Å². The van der Waals surface area contributed by atoms with E-state index in [1.165, 1.54) is 12.4 Å². The normalized spacial score (nSPS) is 22.3. The Morgan fingerprint density at radius 2 is 2.14 bits per heavy atom. The molecule has 21 heavy (non-hydrogen) atoms. The Morgan fingerprint density at radius 1 is 1.48 bits per heavy atom. The molecule has 116 valence electrons. The van der Waals surface area contributed by atoms with Crippen molar-refractivity contribution < 1.29 is 27.5 Å². The van der Waals surface area contributed by atoms with Crippen molar-refractivity contribution in [2.75, 3.05) is 0 Å². The monoisotopic (exact) mass is 372 g/mol. The van der Waals surface area contributed by atoms with Gasteiger partial charge in [-0.1, -0.05) is 0 Å². The zero-order valence-corrected chi connectivity index (χ0v) is 11.8. The second-order valence-electron chi connectivity index (χ2n) is 4.31. The van der Waals surface area contributed by atoms with E-state index in [1.807, 2.05) is 0 Å². The number of carbonyl (C=O) groups is 1. The number of halogens is 5. The summed E-state index contributed by atoms with van der Waals surface area (Å²) >= 11 is 3.08. The Hall–Kier alpha value is -1.49. The third-order valence-corrected chi connectivity index (χ3v) is 3.18. The number of nitrogens with zero attached hydrogens (tertiary/aromatic N) is 4. The second kappa shape index (κ2) is 5.72. The van der Waals surface area contributed by atoms with Crippen molar-refractivity contribution in [2.45, 2.75) is 31.5 Å². The molecule has 1 aromatic heterocycles. The molecule has 1 unspecified atom stereocenters. The molecule has 0 saturated heterocycles. The summed E-state index contributed by atoms with van der Waals surface area (Å²) in [5.74, 6) is -1.08. The Bertz CT molecular complexity index is 579. The summed E-state index contributed by atoms with van der Waals surface area (Å²) < 4.78 is 52.6. The van der Waals surface area contributed by atoms with Crippen LogP contribution >= 0.6 is 15.9 Å². The molecule has 6 nitrogen and oxygen atoms in total. The second-order valence-corrected chi connectivity index (χ2v) is 5.23. The van der Waals surface area contributed by atoms with Gasteiger partial charge in [-0.2, -0.15) is 15.2 Å². The molecule has 0 aromatic carbocycles. The highest BCUT2D eigenvalue weighted by Gasteiger charge is 2.53. The first-order valence-corrected chi connectivity index (χ1v) is 6.40. The summed E-state index contributed by atoms with van der Waals surface area (Å²) in [5, 5.41) is 16.6. The average molecular weight is 373 g/mol. The van der Waals surface area contributed by atoms with E-state index in [4.69, 9.17) is 0 Å². The van der Waals surface area contributed by atoms with Crippen LogP contribution in [0.2, 0.25) is 0 Å². The van der Waals surface area contributed by atoms with Crippen LogP contribution in [0.5, 0.6) is 0 Å². The van der Waals surface area contributed by atoms with Crippen LogP contribution < -0.4 is 0 Å². The van der Waals surface area contributed by atoms with Crippen LogP contribution in [0.1, 0.15) is 6.42 Å². The number of alkyl halides is 4. The van der Waals surface area contributed by atoms with Crippen molar-refractivity contribution in [3.63, 3.8) is 0 Å². The number of aliphatic hydroxyl groups is 1. The highest BCUT2D eigenvalue weighted by molar-refractivity contribution is 9.10. The van der Waals surface area contributed by atoms with Gasteiger partial charge in [0.25, 0.3) is 18.8 Å². The molecule has 0 radical (unpaired) electrons. The van der Waals surface area contributed by atoms with E-state index in [2.05, 4.69) is 26.1 Å². The van der Waals surface area contributed by atoms with E-state index in [9.17, 15) is 27.5 Å².